The molecule has 3 N–H and O–H groups in total. The maximum absolute atomic E-state index is 11.6. The highest BCUT2D eigenvalue weighted by Gasteiger charge is 2.13. The van der Waals surface area contributed by atoms with Gasteiger partial charge >= 0.3 is 14.5 Å². The molecule has 0 bridgehead atoms. The molecule has 1 aromatic heterocycles. The van der Waals surface area contributed by atoms with E-state index in [1.165, 1.54) is 26.4 Å². The normalized spacial score (nSPS) is 11.2. The number of unbranched alkanes of at least 4 members (excludes halogenated alkanes) is 4. The maximum atomic E-state index is 11.6. The van der Waals surface area contributed by atoms with Crippen LogP contribution in [0.25, 0.3) is 5.70 Å². The molecule has 11 heteroatoms. The zero-order valence-electron chi connectivity index (χ0n) is 29.6. The third-order valence-electron chi connectivity index (χ3n) is 5.35. The van der Waals surface area contributed by atoms with Crippen LogP contribution in [0.4, 0.5) is 0 Å². The summed E-state index contributed by atoms with van der Waals surface area (Å²) >= 11 is 5.81. The molecule has 2 aromatic rings. The first-order chi connectivity index (χ1) is 21.7. The number of benzene rings is 1. The number of carbonyl (C=O) groups excluding carboxylic acids is 1. The first-order valence-electron chi connectivity index (χ1n) is 16.1. The molecule has 0 aliphatic heterocycles. The molecule has 0 saturated carbocycles. The number of hydrogen-bond donors (Lipinski definition) is 2. The lowest BCUT2D eigenvalue weighted by Gasteiger charge is -2.16. The van der Waals surface area contributed by atoms with Gasteiger partial charge in [0.25, 0.3) is 0 Å². The highest BCUT2D eigenvalue weighted by atomic mass is 35.5. The summed E-state index contributed by atoms with van der Waals surface area (Å²) in [6.45, 7) is 23.2. The maximum Gasteiger partial charge on any atom is 0.320 e. The molecule has 0 radical (unpaired) electrons. The van der Waals surface area contributed by atoms with Gasteiger partial charge in [-0.15, -0.1) is 0 Å². The monoisotopic (exact) mass is 672 g/mol. The van der Waals surface area contributed by atoms with Gasteiger partial charge in [-0.25, -0.2) is 9.76 Å². The summed E-state index contributed by atoms with van der Waals surface area (Å²) in [5.74, 6) is 0.323. The van der Waals surface area contributed by atoms with Crippen LogP contribution in [0.3, 0.4) is 0 Å². The fourth-order valence-electron chi connectivity index (χ4n) is 3.05. The first kappa shape index (κ1) is 47.0. The van der Waals surface area contributed by atoms with Crippen LogP contribution in [0.2, 0.25) is 5.02 Å². The third-order valence-corrected chi connectivity index (χ3v) is 6.73. The second kappa shape index (κ2) is 34.5. The van der Waals surface area contributed by atoms with Gasteiger partial charge in [0.05, 0.1) is 24.1 Å². The van der Waals surface area contributed by atoms with E-state index < -0.39 is 8.53 Å². The van der Waals surface area contributed by atoms with Gasteiger partial charge in [0.15, 0.2) is 0 Å². The van der Waals surface area contributed by atoms with Gasteiger partial charge in [-0.1, -0.05) is 85.4 Å². The van der Waals surface area contributed by atoms with Crippen molar-refractivity contribution < 1.29 is 23.3 Å². The van der Waals surface area contributed by atoms with Crippen LogP contribution in [0.1, 0.15) is 107 Å². The highest BCUT2D eigenvalue weighted by molar-refractivity contribution is 7.45. The van der Waals surface area contributed by atoms with Gasteiger partial charge in [-0.05, 0) is 70.0 Å². The molecule has 2 rings (SSSR count). The van der Waals surface area contributed by atoms with Crippen molar-refractivity contribution in [2.75, 3.05) is 26.9 Å². The molecule has 0 aliphatic rings. The summed E-state index contributed by atoms with van der Waals surface area (Å²) in [5, 5.41) is 7.58. The van der Waals surface area contributed by atoms with Gasteiger partial charge in [0.1, 0.15) is 12.3 Å². The second-order valence-electron chi connectivity index (χ2n) is 8.77. The summed E-state index contributed by atoms with van der Waals surface area (Å²) in [6, 6.07) is 10.7. The van der Waals surface area contributed by atoms with Gasteiger partial charge in [0, 0.05) is 31.2 Å². The lowest BCUT2D eigenvalue weighted by Crippen LogP contribution is -2.23. The highest BCUT2D eigenvalue weighted by Crippen LogP contribution is 2.34. The standard InChI is InChI=1S/C16H25ClNO4P.C8H11N3.C6H14O.2C2H6/c1-3-4-5-6-7-12-21-16(19)13-18-23(20-2)22-15-10-8-14(17)9-11-15;1-3-10-11-6-4-5-8(11)7(2)9;1-4-6(3)7-5-2;2*1-2/h8-11,18H,3-7,12-13H2,1-2H3;3-6H,2,9H2,1H3;6H,4-5H2,1-3H3;2*1-2H3/b;10-3-;;;. The quantitative estimate of drug-likeness (QED) is 0.0745. The lowest BCUT2D eigenvalue weighted by molar-refractivity contribution is -0.142. The summed E-state index contributed by atoms with van der Waals surface area (Å²) in [6.07, 6.45) is 10.7. The van der Waals surface area contributed by atoms with E-state index in [0.717, 1.165) is 31.6 Å². The van der Waals surface area contributed by atoms with Gasteiger partial charge < -0.3 is 24.3 Å². The Bertz CT molecular complexity index is 974. The molecule has 45 heavy (non-hydrogen) atoms. The van der Waals surface area contributed by atoms with Crippen molar-refractivity contribution in [1.29, 1.82) is 0 Å². The summed E-state index contributed by atoms with van der Waals surface area (Å²) in [5.41, 5.74) is 6.86. The van der Waals surface area contributed by atoms with Crippen molar-refractivity contribution in [3.8, 4) is 5.75 Å². The van der Waals surface area contributed by atoms with E-state index in [4.69, 9.17) is 35.9 Å². The molecule has 1 aromatic carbocycles. The number of nitrogens with two attached hydrogens (primary N) is 1. The minimum absolute atomic E-state index is 0.0576. The van der Waals surface area contributed by atoms with Gasteiger partial charge in [-0.2, -0.15) is 5.10 Å². The SMILES string of the molecule is C=C(N)c1cccn1/N=C\C.CC.CC.CCCCCCCOC(=O)CNP(OC)Oc1ccc(Cl)cc1.CCOC(C)CC. The van der Waals surface area contributed by atoms with Crippen LogP contribution >= 0.6 is 20.1 Å². The first-order valence-corrected chi connectivity index (χ1v) is 17.7. The zero-order valence-corrected chi connectivity index (χ0v) is 31.3. The summed E-state index contributed by atoms with van der Waals surface area (Å²) in [7, 11) is 0.124. The minimum atomic E-state index is -1.40. The summed E-state index contributed by atoms with van der Waals surface area (Å²) in [4.78, 5) is 11.6. The van der Waals surface area contributed by atoms with E-state index in [-0.39, 0.29) is 12.5 Å². The fraction of sp³-hybridized carbons (Fsp3) is 0.588. The molecule has 1 heterocycles. The Kier molecular flexibility index (Phi) is 36.0. The molecule has 2 atom stereocenters. The Labute approximate surface area is 280 Å². The number of aromatic nitrogens is 1. The Morgan fingerprint density at radius 2 is 1.71 bits per heavy atom. The van der Waals surface area contributed by atoms with E-state index >= 15 is 0 Å². The number of ether oxygens (including phenoxy) is 2. The van der Waals surface area contributed by atoms with E-state index in [1.807, 2.05) is 59.9 Å². The smallest absolute Gasteiger partial charge is 0.320 e. The molecule has 0 spiro atoms. The number of rotatable bonds is 17. The van der Waals surface area contributed by atoms with Gasteiger partial charge in [-0.3, -0.25) is 4.79 Å². The molecule has 2 unspecified atom stereocenters. The Morgan fingerprint density at radius 3 is 2.20 bits per heavy atom. The third kappa shape index (κ3) is 27.6. The van der Waals surface area contributed by atoms with Crippen molar-refractivity contribution >= 4 is 38.0 Å². The number of esters is 1. The topological polar surface area (TPSA) is 109 Å². The molecule has 9 nitrogen and oxygen atoms in total. The van der Waals surface area contributed by atoms with Crippen molar-refractivity contribution in [2.24, 2.45) is 10.8 Å². The largest absolute Gasteiger partial charge is 0.465 e. The number of nitrogens with zero attached hydrogens (tertiary/aromatic N) is 2. The molecule has 0 amide bonds. The number of carbonyl (C=O) groups is 1. The van der Waals surface area contributed by atoms with Crippen molar-refractivity contribution in [2.45, 2.75) is 107 Å². The average molecular weight is 673 g/mol. The van der Waals surface area contributed by atoms with E-state index in [0.29, 0.717) is 29.2 Å². The van der Waals surface area contributed by atoms with Crippen molar-refractivity contribution in [3.05, 3.63) is 59.9 Å². The van der Waals surface area contributed by atoms with Crippen LogP contribution in [-0.4, -0.2) is 49.8 Å². The molecular formula is C34H62ClN4O5P. The lowest BCUT2D eigenvalue weighted by atomic mass is 10.2. The van der Waals surface area contributed by atoms with Crippen LogP contribution in [-0.2, 0) is 18.8 Å². The van der Waals surface area contributed by atoms with E-state index in [2.05, 4.69) is 37.5 Å². The Morgan fingerprint density at radius 1 is 1.09 bits per heavy atom. The second-order valence-corrected chi connectivity index (χ2v) is 10.6. The van der Waals surface area contributed by atoms with E-state index in [1.54, 1.807) is 35.2 Å². The molecule has 0 saturated heterocycles. The molecular weight excluding hydrogens is 611 g/mol. The number of halogens is 1. The van der Waals surface area contributed by atoms with Crippen LogP contribution in [0.5, 0.6) is 5.75 Å². The van der Waals surface area contributed by atoms with Crippen LogP contribution in [0.15, 0.2) is 54.3 Å². The number of nitrogens with one attached hydrogen (secondary N) is 1. The minimum Gasteiger partial charge on any atom is -0.465 e. The molecule has 260 valence electrons. The Hall–Kier alpha value is -2.42. The average Bonchev–Trinajstić information content (AvgIpc) is 3.53. The number of hydrogen-bond acceptors (Lipinski definition) is 8. The molecule has 0 aliphatic carbocycles. The van der Waals surface area contributed by atoms with Gasteiger partial charge in [0.2, 0.25) is 0 Å². The van der Waals surface area contributed by atoms with E-state index in [9.17, 15) is 4.79 Å². The van der Waals surface area contributed by atoms with Crippen LogP contribution < -0.4 is 15.3 Å². The summed E-state index contributed by atoms with van der Waals surface area (Å²) < 4.78 is 22.8. The predicted octanol–water partition coefficient (Wildman–Crippen LogP) is 9.84. The Balaban J connectivity index is -0.000000661. The zero-order chi connectivity index (χ0) is 34.9. The van der Waals surface area contributed by atoms with Crippen molar-refractivity contribution in [3.63, 3.8) is 0 Å². The fourth-order valence-corrected chi connectivity index (χ4v) is 4.02. The van der Waals surface area contributed by atoms with Crippen LogP contribution in [0, 0.1) is 0 Å². The molecule has 0 fully saturated rings. The predicted molar refractivity (Wildman–Crippen MR) is 195 cm³/mol. The van der Waals surface area contributed by atoms with Crippen molar-refractivity contribution in [1.82, 2.24) is 9.76 Å².